The molecule has 0 fully saturated rings. The molecule has 130 valence electrons. The maximum atomic E-state index is 12.4. The summed E-state index contributed by atoms with van der Waals surface area (Å²) in [6.07, 6.45) is 3.08. The van der Waals surface area contributed by atoms with Gasteiger partial charge in [0, 0.05) is 6.42 Å². The minimum atomic E-state index is -0.540. The van der Waals surface area contributed by atoms with E-state index >= 15 is 0 Å². The lowest BCUT2D eigenvalue weighted by molar-refractivity contribution is 0.0987. The van der Waals surface area contributed by atoms with Crippen molar-refractivity contribution >= 4 is 11.6 Å². The number of aliphatic imine (C=N–C) groups is 1. The Kier molecular flexibility index (Phi) is 4.76. The van der Waals surface area contributed by atoms with Crippen LogP contribution >= 0.6 is 0 Å². The lowest BCUT2D eigenvalue weighted by Crippen LogP contribution is -2.37. The van der Waals surface area contributed by atoms with E-state index in [0.29, 0.717) is 30.6 Å². The molecule has 1 aromatic carbocycles. The van der Waals surface area contributed by atoms with Crippen molar-refractivity contribution in [1.82, 2.24) is 9.97 Å². The zero-order valence-corrected chi connectivity index (χ0v) is 14.2. The molecule has 2 aromatic rings. The van der Waals surface area contributed by atoms with Crippen LogP contribution in [0.1, 0.15) is 28.5 Å². The highest BCUT2D eigenvalue weighted by Gasteiger charge is 2.30. The number of aromatic nitrogens is 2. The fraction of sp³-hybridized carbons (Fsp3) is 0.333. The maximum absolute atomic E-state index is 12.4. The second-order valence-electron chi connectivity index (χ2n) is 6.11. The third-order valence-electron chi connectivity index (χ3n) is 4.06. The van der Waals surface area contributed by atoms with E-state index in [4.69, 9.17) is 15.2 Å². The van der Waals surface area contributed by atoms with Crippen LogP contribution < -0.4 is 10.5 Å². The van der Waals surface area contributed by atoms with Gasteiger partial charge < -0.3 is 15.2 Å². The maximum Gasteiger partial charge on any atom is 0.232 e. The summed E-state index contributed by atoms with van der Waals surface area (Å²) >= 11 is 0. The third-order valence-corrected chi connectivity index (χ3v) is 4.06. The van der Waals surface area contributed by atoms with Gasteiger partial charge in [0.05, 0.1) is 26.1 Å². The van der Waals surface area contributed by atoms with E-state index in [1.807, 2.05) is 31.2 Å². The number of amidine groups is 1. The van der Waals surface area contributed by atoms with Gasteiger partial charge in [-0.25, -0.2) is 9.97 Å². The van der Waals surface area contributed by atoms with Gasteiger partial charge in [-0.05, 0) is 18.1 Å². The van der Waals surface area contributed by atoms with Crippen LogP contribution in [-0.4, -0.2) is 41.9 Å². The summed E-state index contributed by atoms with van der Waals surface area (Å²) < 4.78 is 10.5. The number of nitrogens with two attached hydrogens (primary N) is 1. The summed E-state index contributed by atoms with van der Waals surface area (Å²) in [6.45, 7) is 2.77. The molecule has 25 heavy (non-hydrogen) atoms. The Labute approximate surface area is 145 Å². The monoisotopic (exact) mass is 340 g/mol. The highest BCUT2D eigenvalue weighted by Crippen LogP contribution is 2.29. The molecule has 0 amide bonds. The van der Waals surface area contributed by atoms with Gasteiger partial charge >= 0.3 is 0 Å². The topological polar surface area (TPSA) is 99.7 Å². The quantitative estimate of drug-likeness (QED) is 0.828. The van der Waals surface area contributed by atoms with Gasteiger partial charge in [0.15, 0.2) is 5.78 Å². The van der Waals surface area contributed by atoms with Crippen LogP contribution in [0.2, 0.25) is 0 Å². The molecule has 0 bridgehead atoms. The van der Waals surface area contributed by atoms with E-state index < -0.39 is 5.54 Å². The van der Waals surface area contributed by atoms with Crippen molar-refractivity contribution in [1.29, 1.82) is 0 Å². The van der Waals surface area contributed by atoms with Crippen molar-refractivity contribution in [2.45, 2.75) is 18.9 Å². The predicted molar refractivity (Wildman–Crippen MR) is 92.9 cm³/mol. The standard InChI is InChI=1S/C18H20N4O3/c1-18(11-25-10-16(19)22-18)13-5-3-4-12(6-13)7-15(23)14-8-21-17(24-2)9-20-14/h3-6,8-9H,7,10-11H2,1-2H3,(H2,19,22). The molecule has 7 heteroatoms. The number of hydrogen-bond acceptors (Lipinski definition) is 7. The first kappa shape index (κ1) is 17.0. The number of methoxy groups -OCH3 is 1. The number of Topliss-reactive ketones (excluding diaryl/α,β-unsaturated/α-hetero) is 1. The first-order valence-electron chi connectivity index (χ1n) is 7.91. The van der Waals surface area contributed by atoms with Crippen molar-refractivity contribution in [2.75, 3.05) is 20.3 Å². The largest absolute Gasteiger partial charge is 0.480 e. The van der Waals surface area contributed by atoms with Crippen LogP contribution in [-0.2, 0) is 16.7 Å². The van der Waals surface area contributed by atoms with Crippen molar-refractivity contribution in [3.8, 4) is 5.88 Å². The molecule has 0 aliphatic carbocycles. The number of carbonyl (C=O) groups is 1. The number of carbonyl (C=O) groups excluding carboxylic acids is 1. The lowest BCUT2D eigenvalue weighted by atomic mass is 9.90. The summed E-state index contributed by atoms with van der Waals surface area (Å²) in [5, 5.41) is 0. The number of benzene rings is 1. The van der Waals surface area contributed by atoms with Crippen LogP contribution in [0.3, 0.4) is 0 Å². The van der Waals surface area contributed by atoms with Gasteiger partial charge in [-0.15, -0.1) is 0 Å². The second-order valence-corrected chi connectivity index (χ2v) is 6.11. The number of nitrogens with zero attached hydrogens (tertiary/aromatic N) is 3. The molecule has 2 heterocycles. The Morgan fingerprint density at radius 1 is 1.36 bits per heavy atom. The van der Waals surface area contributed by atoms with Gasteiger partial charge in [0.1, 0.15) is 23.7 Å². The van der Waals surface area contributed by atoms with Crippen LogP contribution in [0, 0.1) is 0 Å². The Balaban J connectivity index is 1.79. The smallest absolute Gasteiger partial charge is 0.232 e. The molecule has 1 aliphatic rings. The Morgan fingerprint density at radius 2 is 2.20 bits per heavy atom. The SMILES string of the molecule is COc1cnc(C(=O)Cc2cccc(C3(C)COCC(N)=N3)c2)cn1. The molecule has 7 nitrogen and oxygen atoms in total. The molecule has 1 aromatic heterocycles. The summed E-state index contributed by atoms with van der Waals surface area (Å²) in [5.74, 6) is 0.739. The zero-order chi connectivity index (χ0) is 17.9. The third kappa shape index (κ3) is 3.83. The second kappa shape index (κ2) is 6.98. The first-order valence-corrected chi connectivity index (χ1v) is 7.91. The van der Waals surface area contributed by atoms with Crippen molar-refractivity contribution < 1.29 is 14.3 Å². The predicted octanol–water partition coefficient (Wildman–Crippen LogP) is 1.51. The van der Waals surface area contributed by atoms with Crippen LogP contribution in [0.4, 0.5) is 0 Å². The van der Waals surface area contributed by atoms with E-state index in [1.165, 1.54) is 19.5 Å². The molecule has 0 saturated carbocycles. The molecule has 0 radical (unpaired) electrons. The normalized spacial score (nSPS) is 20.0. The lowest BCUT2D eigenvalue weighted by Gasteiger charge is -2.30. The van der Waals surface area contributed by atoms with Gasteiger partial charge in [-0.2, -0.15) is 0 Å². The van der Waals surface area contributed by atoms with E-state index in [1.54, 1.807) is 0 Å². The molecule has 3 rings (SSSR count). The van der Waals surface area contributed by atoms with Crippen molar-refractivity contribution in [3.05, 3.63) is 53.5 Å². The van der Waals surface area contributed by atoms with E-state index in [9.17, 15) is 4.79 Å². The van der Waals surface area contributed by atoms with Crippen LogP contribution in [0.25, 0.3) is 0 Å². The summed E-state index contributed by atoms with van der Waals surface area (Å²) in [5.41, 5.74) is 7.41. The summed E-state index contributed by atoms with van der Waals surface area (Å²) in [7, 11) is 1.50. The molecule has 1 aliphatic heterocycles. The number of ketones is 1. The van der Waals surface area contributed by atoms with Crippen LogP contribution in [0.5, 0.6) is 5.88 Å². The van der Waals surface area contributed by atoms with E-state index in [0.717, 1.165) is 11.1 Å². The van der Waals surface area contributed by atoms with Gasteiger partial charge in [-0.1, -0.05) is 24.3 Å². The highest BCUT2D eigenvalue weighted by molar-refractivity contribution is 5.95. The minimum Gasteiger partial charge on any atom is -0.480 e. The number of hydrogen-bond donors (Lipinski definition) is 1. The molecule has 0 saturated heterocycles. The molecule has 1 unspecified atom stereocenters. The average Bonchev–Trinajstić information content (AvgIpc) is 2.62. The number of ether oxygens (including phenoxy) is 2. The summed E-state index contributed by atoms with van der Waals surface area (Å²) in [4.78, 5) is 25.1. The summed E-state index contributed by atoms with van der Waals surface area (Å²) in [6, 6.07) is 7.73. The van der Waals surface area contributed by atoms with Gasteiger partial charge in [0.25, 0.3) is 0 Å². The number of rotatable bonds is 5. The van der Waals surface area contributed by atoms with E-state index in [2.05, 4.69) is 15.0 Å². The van der Waals surface area contributed by atoms with Gasteiger partial charge in [0.2, 0.25) is 5.88 Å². The Hall–Kier alpha value is -2.80. The van der Waals surface area contributed by atoms with E-state index in [-0.39, 0.29) is 12.2 Å². The molecule has 2 N–H and O–H groups in total. The Morgan fingerprint density at radius 3 is 2.88 bits per heavy atom. The minimum absolute atomic E-state index is 0.111. The fourth-order valence-electron chi connectivity index (χ4n) is 2.74. The fourth-order valence-corrected chi connectivity index (χ4v) is 2.74. The van der Waals surface area contributed by atoms with Crippen molar-refractivity contribution in [3.63, 3.8) is 0 Å². The van der Waals surface area contributed by atoms with Crippen molar-refractivity contribution in [2.24, 2.45) is 10.7 Å². The highest BCUT2D eigenvalue weighted by atomic mass is 16.5. The molecule has 1 atom stereocenters. The molecular formula is C18H20N4O3. The zero-order valence-electron chi connectivity index (χ0n) is 14.2. The first-order chi connectivity index (χ1) is 12.0. The van der Waals surface area contributed by atoms with Gasteiger partial charge in [-0.3, -0.25) is 9.79 Å². The van der Waals surface area contributed by atoms with Crippen LogP contribution in [0.15, 0.2) is 41.7 Å². The average molecular weight is 340 g/mol. The Bertz CT molecular complexity index is 804. The molecular weight excluding hydrogens is 320 g/mol. The molecule has 0 spiro atoms.